The molecule has 3 aliphatic carbocycles. The lowest BCUT2D eigenvalue weighted by molar-refractivity contribution is 0.600. The Kier molecular flexibility index (Phi) is 7.94. The van der Waals surface area contributed by atoms with Crippen LogP contribution in [-0.4, -0.2) is 0 Å². The lowest BCUT2D eigenvalue weighted by Gasteiger charge is -2.32. The van der Waals surface area contributed by atoms with Gasteiger partial charge in [0.05, 0.1) is 0 Å². The Morgan fingerprint density at radius 3 is 1.59 bits per heavy atom. The van der Waals surface area contributed by atoms with Crippen LogP contribution in [0.1, 0.15) is 91.6 Å². The molecule has 0 saturated carbocycles. The minimum absolute atomic E-state index is 0.222. The minimum atomic E-state index is -0.320. The van der Waals surface area contributed by atoms with Gasteiger partial charge in [-0.1, -0.05) is 156 Å². The number of rotatable bonds is 4. The minimum Gasteiger partial charge on any atom is -0.455 e. The van der Waals surface area contributed by atoms with E-state index < -0.39 is 0 Å². The van der Waals surface area contributed by atoms with Gasteiger partial charge >= 0.3 is 0 Å². The van der Waals surface area contributed by atoms with Gasteiger partial charge in [0.1, 0.15) is 22.3 Å². The van der Waals surface area contributed by atoms with Crippen LogP contribution in [0.4, 0.5) is 17.1 Å². The zero-order chi connectivity index (χ0) is 47.0. The van der Waals surface area contributed by atoms with E-state index in [9.17, 15) is 0 Å². The van der Waals surface area contributed by atoms with Crippen molar-refractivity contribution >= 4 is 60.9 Å². The van der Waals surface area contributed by atoms with Crippen molar-refractivity contribution in [2.45, 2.75) is 78.6 Å². The van der Waals surface area contributed by atoms with Gasteiger partial charge in [-0.05, 0) is 147 Å². The first-order valence-corrected chi connectivity index (χ1v) is 24.6. The highest BCUT2D eigenvalue weighted by Gasteiger charge is 2.49. The van der Waals surface area contributed by atoms with E-state index in [2.05, 4.69) is 225 Å². The molecule has 9 aromatic carbocycles. The molecule has 2 aromatic heterocycles. The van der Waals surface area contributed by atoms with E-state index in [1.165, 1.54) is 111 Å². The molecule has 3 heteroatoms. The zero-order valence-electron chi connectivity index (χ0n) is 40.8. The molecule has 11 aromatic rings. The lowest BCUT2D eigenvalue weighted by Crippen LogP contribution is -2.24. The van der Waals surface area contributed by atoms with Crippen molar-refractivity contribution in [3.8, 4) is 44.5 Å². The van der Waals surface area contributed by atoms with Crippen molar-refractivity contribution in [3.63, 3.8) is 0 Å². The maximum Gasteiger partial charge on any atom is 0.144 e. The second kappa shape index (κ2) is 13.5. The molecule has 0 N–H and O–H groups in total. The Morgan fingerprint density at radius 2 is 0.913 bits per heavy atom. The Morgan fingerprint density at radius 1 is 0.377 bits per heavy atom. The van der Waals surface area contributed by atoms with E-state index >= 15 is 0 Å². The Labute approximate surface area is 403 Å². The van der Waals surface area contributed by atoms with E-state index in [0.29, 0.717) is 0 Å². The highest BCUT2D eigenvalue weighted by Crippen LogP contribution is 2.64. The molecule has 69 heavy (non-hydrogen) atoms. The van der Waals surface area contributed by atoms with Gasteiger partial charge < -0.3 is 13.7 Å². The van der Waals surface area contributed by atoms with Gasteiger partial charge in [0, 0.05) is 66.0 Å². The molecule has 3 nitrogen and oxygen atoms in total. The zero-order valence-corrected chi connectivity index (χ0v) is 40.8. The molecule has 0 fully saturated rings. The normalized spacial score (nSPS) is 15.4. The highest BCUT2D eigenvalue weighted by molar-refractivity contribution is 6.21. The van der Waals surface area contributed by atoms with Gasteiger partial charge in [0.15, 0.2) is 0 Å². The smallest absolute Gasteiger partial charge is 0.144 e. The summed E-state index contributed by atoms with van der Waals surface area (Å²) in [5.74, 6) is 0. The summed E-state index contributed by atoms with van der Waals surface area (Å²) in [6, 6.07) is 58.7. The molecule has 0 amide bonds. The predicted octanol–water partition coefficient (Wildman–Crippen LogP) is 18.5. The third-order valence-corrected chi connectivity index (χ3v) is 16.7. The molecule has 0 atom stereocenters. The van der Waals surface area contributed by atoms with Crippen molar-refractivity contribution in [1.29, 1.82) is 0 Å². The summed E-state index contributed by atoms with van der Waals surface area (Å²) in [7, 11) is 0. The average molecular weight is 892 g/mol. The number of benzene rings is 9. The summed E-state index contributed by atoms with van der Waals surface area (Å²) in [6.07, 6.45) is 0. The maximum atomic E-state index is 6.99. The van der Waals surface area contributed by atoms with Crippen LogP contribution in [0.3, 0.4) is 0 Å². The van der Waals surface area contributed by atoms with Crippen LogP contribution < -0.4 is 4.90 Å². The highest BCUT2D eigenvalue weighted by atomic mass is 16.3. The standard InChI is InChI=1S/C66H53NO2/c1-36-26-31-52(38(3)32-36)67(39-27-29-43-49(33-39)64(4,5)51-35-47(41-19-11-10-18-37(41)2)62-57(55(43)51)45-21-13-16-24-53(45)68-62)40-28-30-44-50(34-40)66(8,9)60-56(44)58-46-22-14-17-25-54(46)69-63(58)59-42-20-12-15-23-48(42)65(6,7)61(59)60/h10-35H,1-9H3. The second-order valence-electron chi connectivity index (χ2n) is 21.8. The van der Waals surface area contributed by atoms with Gasteiger partial charge in [-0.3, -0.25) is 0 Å². The van der Waals surface area contributed by atoms with Gasteiger partial charge in [0.2, 0.25) is 0 Å². The van der Waals surface area contributed by atoms with Crippen LogP contribution in [0.15, 0.2) is 167 Å². The first-order valence-electron chi connectivity index (χ1n) is 24.6. The molecule has 334 valence electrons. The van der Waals surface area contributed by atoms with Crippen LogP contribution in [0, 0.1) is 20.8 Å². The predicted molar refractivity (Wildman–Crippen MR) is 288 cm³/mol. The molecular weight excluding hydrogens is 839 g/mol. The van der Waals surface area contributed by atoms with Gasteiger partial charge in [0.25, 0.3) is 0 Å². The maximum absolute atomic E-state index is 6.99. The number of nitrogens with zero attached hydrogens (tertiary/aromatic N) is 1. The summed E-state index contributed by atoms with van der Waals surface area (Å²) < 4.78 is 13.8. The summed E-state index contributed by atoms with van der Waals surface area (Å²) in [5.41, 5.74) is 28.4. The van der Waals surface area contributed by atoms with Crippen LogP contribution in [0.25, 0.3) is 88.4 Å². The third kappa shape index (κ3) is 5.18. The molecule has 14 rings (SSSR count). The van der Waals surface area contributed by atoms with E-state index in [-0.39, 0.29) is 16.2 Å². The molecule has 0 spiro atoms. The van der Waals surface area contributed by atoms with Crippen molar-refractivity contribution in [3.05, 3.63) is 208 Å². The van der Waals surface area contributed by atoms with Crippen LogP contribution in [-0.2, 0) is 16.2 Å². The second-order valence-corrected chi connectivity index (χ2v) is 21.8. The molecule has 3 aliphatic rings. The largest absolute Gasteiger partial charge is 0.455 e. The van der Waals surface area contributed by atoms with Crippen molar-refractivity contribution in [1.82, 2.24) is 0 Å². The van der Waals surface area contributed by atoms with E-state index in [0.717, 1.165) is 44.7 Å². The Bertz CT molecular complexity index is 4090. The molecule has 0 aliphatic heterocycles. The fourth-order valence-electron chi connectivity index (χ4n) is 13.4. The van der Waals surface area contributed by atoms with Gasteiger partial charge in [-0.25, -0.2) is 0 Å². The molecular formula is C66H53NO2. The third-order valence-electron chi connectivity index (χ3n) is 16.7. The first kappa shape index (κ1) is 40.4. The van der Waals surface area contributed by atoms with Gasteiger partial charge in [-0.15, -0.1) is 0 Å². The fraction of sp³-hybridized carbons (Fsp3) is 0.182. The van der Waals surface area contributed by atoms with Crippen molar-refractivity contribution in [2.24, 2.45) is 0 Å². The van der Waals surface area contributed by atoms with Crippen molar-refractivity contribution < 1.29 is 8.83 Å². The van der Waals surface area contributed by atoms with E-state index in [1.807, 2.05) is 0 Å². The molecule has 0 radical (unpaired) electrons. The van der Waals surface area contributed by atoms with Gasteiger partial charge in [-0.2, -0.15) is 0 Å². The summed E-state index contributed by atoms with van der Waals surface area (Å²) in [6.45, 7) is 21.2. The first-order chi connectivity index (χ1) is 33.2. The number of aryl methyl sites for hydroxylation is 3. The molecule has 0 bridgehead atoms. The molecule has 0 saturated heterocycles. The summed E-state index contributed by atoms with van der Waals surface area (Å²) in [5, 5.41) is 4.75. The monoisotopic (exact) mass is 891 g/mol. The Balaban J connectivity index is 0.997. The quantitative estimate of drug-likeness (QED) is 0.176. The number of furan rings is 2. The number of hydrogen-bond donors (Lipinski definition) is 0. The fourth-order valence-corrected chi connectivity index (χ4v) is 13.4. The molecule has 2 heterocycles. The molecule has 0 unspecified atom stereocenters. The topological polar surface area (TPSA) is 29.5 Å². The number of anilines is 3. The number of fused-ring (bicyclic) bond motifs is 19. The summed E-state index contributed by atoms with van der Waals surface area (Å²) in [4.78, 5) is 2.52. The van der Waals surface area contributed by atoms with E-state index in [1.54, 1.807) is 0 Å². The lowest BCUT2D eigenvalue weighted by atomic mass is 9.72. The van der Waals surface area contributed by atoms with Crippen LogP contribution >= 0.6 is 0 Å². The number of hydrogen-bond acceptors (Lipinski definition) is 3. The van der Waals surface area contributed by atoms with E-state index in [4.69, 9.17) is 8.83 Å². The summed E-state index contributed by atoms with van der Waals surface area (Å²) >= 11 is 0. The number of para-hydroxylation sites is 2. The van der Waals surface area contributed by atoms with Crippen LogP contribution in [0.2, 0.25) is 0 Å². The van der Waals surface area contributed by atoms with Crippen molar-refractivity contribution in [2.75, 3.05) is 4.90 Å². The average Bonchev–Trinajstić information content (AvgIpc) is 4.09. The van der Waals surface area contributed by atoms with Crippen LogP contribution in [0.5, 0.6) is 0 Å². The SMILES string of the molecule is Cc1ccc(N(c2ccc3c(c2)C(C)(C)c2cc(-c4ccccc4C)c4oc5ccccc5c4c2-3)c2ccc3c(c2)C(C)(C)c2c4c(c5oc6ccccc6c5c2-3)-c2ccccc2C4(C)C)c(C)c1. The Hall–Kier alpha value is -7.62.